The van der Waals surface area contributed by atoms with Gasteiger partial charge in [0.05, 0.1) is 18.5 Å². The van der Waals surface area contributed by atoms with E-state index in [2.05, 4.69) is 5.32 Å². The van der Waals surface area contributed by atoms with E-state index >= 15 is 0 Å². The van der Waals surface area contributed by atoms with E-state index in [0.717, 1.165) is 5.56 Å². The molecule has 0 radical (unpaired) electrons. The van der Waals surface area contributed by atoms with Crippen LogP contribution in [0.4, 0.5) is 11.4 Å². The summed E-state index contributed by atoms with van der Waals surface area (Å²) in [5.74, 6) is 1.16. The molecule has 0 fully saturated rings. The Bertz CT molecular complexity index is 685. The topological polar surface area (TPSA) is 73.6 Å². The second kappa shape index (κ2) is 5.36. The first-order valence-electron chi connectivity index (χ1n) is 6.66. The summed E-state index contributed by atoms with van der Waals surface area (Å²) < 4.78 is 10.9. The number of fused-ring (bicyclic) bond motifs is 1. The fourth-order valence-corrected chi connectivity index (χ4v) is 2.35. The third kappa shape index (κ3) is 2.63. The molecular weight excluding hydrogens is 268 g/mol. The number of nitrogen functional groups attached to an aromatic ring is 1. The van der Waals surface area contributed by atoms with Crippen LogP contribution >= 0.6 is 0 Å². The Hall–Kier alpha value is -2.69. The number of ether oxygens (including phenoxy) is 2. The van der Waals surface area contributed by atoms with E-state index in [1.54, 1.807) is 19.2 Å². The van der Waals surface area contributed by atoms with Gasteiger partial charge >= 0.3 is 0 Å². The number of hydrogen-bond donors (Lipinski definition) is 2. The smallest absolute Gasteiger partial charge is 0.265 e. The molecule has 0 saturated carbocycles. The lowest BCUT2D eigenvalue weighted by Crippen LogP contribution is -2.38. The van der Waals surface area contributed by atoms with Crippen molar-refractivity contribution in [3.8, 4) is 11.5 Å². The van der Waals surface area contributed by atoms with E-state index in [4.69, 9.17) is 15.2 Å². The number of benzene rings is 2. The summed E-state index contributed by atoms with van der Waals surface area (Å²) >= 11 is 0. The van der Waals surface area contributed by atoms with E-state index < -0.39 is 6.10 Å². The first kappa shape index (κ1) is 13.3. The van der Waals surface area contributed by atoms with Crippen LogP contribution in [-0.2, 0) is 11.2 Å². The highest BCUT2D eigenvalue weighted by Gasteiger charge is 2.27. The minimum Gasteiger partial charge on any atom is -0.495 e. The van der Waals surface area contributed by atoms with E-state index in [-0.39, 0.29) is 5.91 Å². The van der Waals surface area contributed by atoms with Gasteiger partial charge in [-0.3, -0.25) is 4.79 Å². The average molecular weight is 284 g/mol. The van der Waals surface area contributed by atoms with Crippen LogP contribution in [0.5, 0.6) is 11.5 Å². The van der Waals surface area contributed by atoms with Crippen molar-refractivity contribution in [3.05, 3.63) is 48.0 Å². The Morgan fingerprint density at radius 3 is 2.86 bits per heavy atom. The maximum Gasteiger partial charge on any atom is 0.265 e. The van der Waals surface area contributed by atoms with Crippen molar-refractivity contribution in [2.75, 3.05) is 18.2 Å². The number of para-hydroxylation sites is 2. The van der Waals surface area contributed by atoms with Crippen molar-refractivity contribution >= 4 is 17.3 Å². The lowest BCUT2D eigenvalue weighted by molar-refractivity contribution is -0.123. The van der Waals surface area contributed by atoms with Crippen LogP contribution in [0.1, 0.15) is 5.56 Å². The zero-order valence-electron chi connectivity index (χ0n) is 11.6. The highest BCUT2D eigenvalue weighted by Crippen LogP contribution is 2.30. The van der Waals surface area contributed by atoms with Gasteiger partial charge in [-0.2, -0.15) is 0 Å². The number of nitrogens with one attached hydrogen (secondary N) is 1. The highest BCUT2D eigenvalue weighted by atomic mass is 16.5. The highest BCUT2D eigenvalue weighted by molar-refractivity contribution is 5.97. The largest absolute Gasteiger partial charge is 0.495 e. The molecule has 2 aromatic rings. The van der Waals surface area contributed by atoms with E-state index in [1.807, 2.05) is 30.3 Å². The van der Waals surface area contributed by atoms with Crippen molar-refractivity contribution in [2.45, 2.75) is 12.5 Å². The minimum atomic E-state index is -0.562. The zero-order chi connectivity index (χ0) is 14.8. The normalized spacial score (nSPS) is 16.6. The Balaban J connectivity index is 1.79. The summed E-state index contributed by atoms with van der Waals surface area (Å²) in [5, 5.41) is 2.85. The van der Waals surface area contributed by atoms with Crippen LogP contribution in [0.15, 0.2) is 42.5 Å². The van der Waals surface area contributed by atoms with Gasteiger partial charge in [0.25, 0.3) is 5.91 Å². The number of hydrogen-bond acceptors (Lipinski definition) is 4. The molecule has 0 spiro atoms. The van der Waals surface area contributed by atoms with Crippen LogP contribution in [-0.4, -0.2) is 19.1 Å². The molecule has 1 heterocycles. The van der Waals surface area contributed by atoms with Crippen molar-refractivity contribution in [2.24, 2.45) is 0 Å². The SMILES string of the molecule is COc1ccc(CC2Oc3ccccc3NC2=O)cc1N. The maximum atomic E-state index is 12.1. The van der Waals surface area contributed by atoms with Crippen molar-refractivity contribution in [1.29, 1.82) is 0 Å². The molecule has 3 N–H and O–H groups in total. The first-order chi connectivity index (χ1) is 10.2. The molecule has 5 nitrogen and oxygen atoms in total. The fourth-order valence-electron chi connectivity index (χ4n) is 2.35. The third-order valence-corrected chi connectivity index (χ3v) is 3.42. The molecule has 3 rings (SSSR count). The maximum absolute atomic E-state index is 12.1. The summed E-state index contributed by atoms with van der Waals surface area (Å²) in [4.78, 5) is 12.1. The molecule has 1 atom stereocenters. The molecule has 5 heteroatoms. The molecule has 1 aliphatic heterocycles. The number of nitrogens with two attached hydrogens (primary N) is 1. The molecule has 2 aromatic carbocycles. The van der Waals surface area contributed by atoms with Crippen LogP contribution < -0.4 is 20.5 Å². The zero-order valence-corrected chi connectivity index (χ0v) is 11.6. The minimum absolute atomic E-state index is 0.150. The molecule has 108 valence electrons. The Labute approximate surface area is 122 Å². The third-order valence-electron chi connectivity index (χ3n) is 3.42. The quantitative estimate of drug-likeness (QED) is 0.848. The second-order valence-electron chi connectivity index (χ2n) is 4.87. The number of carbonyl (C=O) groups excluding carboxylic acids is 1. The molecule has 21 heavy (non-hydrogen) atoms. The Morgan fingerprint density at radius 2 is 2.10 bits per heavy atom. The number of rotatable bonds is 3. The molecule has 1 unspecified atom stereocenters. The van der Waals surface area contributed by atoms with Gasteiger partial charge in [0, 0.05) is 6.42 Å². The van der Waals surface area contributed by atoms with Gasteiger partial charge in [0.2, 0.25) is 0 Å². The summed E-state index contributed by atoms with van der Waals surface area (Å²) in [6, 6.07) is 12.9. The summed E-state index contributed by atoms with van der Waals surface area (Å²) in [5.41, 5.74) is 8.06. The molecular formula is C16H16N2O3. The molecule has 0 saturated heterocycles. The van der Waals surface area contributed by atoms with Crippen molar-refractivity contribution in [1.82, 2.24) is 0 Å². The van der Waals surface area contributed by atoms with E-state index in [0.29, 0.717) is 29.3 Å². The average Bonchev–Trinajstić information content (AvgIpc) is 2.48. The number of methoxy groups -OCH3 is 1. The van der Waals surface area contributed by atoms with Crippen molar-refractivity contribution in [3.63, 3.8) is 0 Å². The van der Waals surface area contributed by atoms with E-state index in [1.165, 1.54) is 0 Å². The number of amides is 1. The molecule has 1 amide bonds. The molecule has 0 aliphatic carbocycles. The van der Waals surface area contributed by atoms with Crippen LogP contribution in [0.3, 0.4) is 0 Å². The predicted molar refractivity (Wildman–Crippen MR) is 80.6 cm³/mol. The van der Waals surface area contributed by atoms with Gasteiger partial charge < -0.3 is 20.5 Å². The van der Waals surface area contributed by atoms with Crippen LogP contribution in [0.2, 0.25) is 0 Å². The fraction of sp³-hybridized carbons (Fsp3) is 0.188. The predicted octanol–water partition coefficient (Wildman–Crippen LogP) is 2.22. The lowest BCUT2D eigenvalue weighted by atomic mass is 10.0. The molecule has 0 bridgehead atoms. The van der Waals surface area contributed by atoms with Crippen LogP contribution in [0, 0.1) is 0 Å². The molecule has 0 aromatic heterocycles. The van der Waals surface area contributed by atoms with Crippen molar-refractivity contribution < 1.29 is 14.3 Å². The van der Waals surface area contributed by atoms with Gasteiger partial charge in [-0.05, 0) is 29.8 Å². The van der Waals surface area contributed by atoms with Gasteiger partial charge in [0.1, 0.15) is 11.5 Å². The molecule has 1 aliphatic rings. The number of carbonyl (C=O) groups is 1. The summed E-state index contributed by atoms with van der Waals surface area (Å²) in [6.45, 7) is 0. The second-order valence-corrected chi connectivity index (χ2v) is 4.87. The van der Waals surface area contributed by atoms with Gasteiger partial charge in [-0.1, -0.05) is 18.2 Å². The lowest BCUT2D eigenvalue weighted by Gasteiger charge is -2.25. The monoisotopic (exact) mass is 284 g/mol. The van der Waals surface area contributed by atoms with Gasteiger partial charge in [-0.25, -0.2) is 0 Å². The van der Waals surface area contributed by atoms with Gasteiger partial charge in [-0.15, -0.1) is 0 Å². The van der Waals surface area contributed by atoms with Crippen LogP contribution in [0.25, 0.3) is 0 Å². The Kier molecular flexibility index (Phi) is 3.39. The standard InChI is InChI=1S/C16H16N2O3/c1-20-13-7-6-10(8-11(13)17)9-15-16(19)18-12-4-2-3-5-14(12)21-15/h2-8,15H,9,17H2,1H3,(H,18,19). The first-order valence-corrected chi connectivity index (χ1v) is 6.66. The van der Waals surface area contributed by atoms with Gasteiger partial charge in [0.15, 0.2) is 6.10 Å². The Morgan fingerprint density at radius 1 is 1.29 bits per heavy atom. The number of anilines is 2. The summed E-state index contributed by atoms with van der Waals surface area (Å²) in [7, 11) is 1.57. The van der Waals surface area contributed by atoms with E-state index in [9.17, 15) is 4.79 Å². The summed E-state index contributed by atoms with van der Waals surface area (Å²) in [6.07, 6.45) is -0.110.